The average Bonchev–Trinajstić information content (AvgIpc) is 3.67. The number of rotatable bonds is 8. The van der Waals surface area contributed by atoms with Crippen molar-refractivity contribution in [2.24, 2.45) is 5.92 Å². The molecule has 12 heteroatoms. The quantitative estimate of drug-likeness (QED) is 0.433. The zero-order valence-electron chi connectivity index (χ0n) is 21.1. The minimum atomic E-state index is -0.299. The Labute approximate surface area is 225 Å². The van der Waals surface area contributed by atoms with E-state index in [-0.39, 0.29) is 35.3 Å². The van der Waals surface area contributed by atoms with Crippen LogP contribution in [0.1, 0.15) is 18.4 Å². The van der Waals surface area contributed by atoms with Gasteiger partial charge >= 0.3 is 0 Å². The van der Waals surface area contributed by atoms with Crippen molar-refractivity contribution in [2.45, 2.75) is 25.4 Å². The first-order valence-corrected chi connectivity index (χ1v) is 12.9. The van der Waals surface area contributed by atoms with E-state index in [0.29, 0.717) is 51.2 Å². The van der Waals surface area contributed by atoms with E-state index in [2.05, 4.69) is 15.3 Å². The molecule has 4 heterocycles. The summed E-state index contributed by atoms with van der Waals surface area (Å²) in [6.45, 7) is 2.86. The van der Waals surface area contributed by atoms with Crippen LogP contribution in [-0.4, -0.2) is 82.2 Å². The Balaban J connectivity index is 1.33. The topological polar surface area (TPSA) is 115 Å². The average molecular weight is 540 g/mol. The smallest absolute Gasteiger partial charge is 0.238 e. The number of benzene rings is 1. The number of nitrogens with zero attached hydrogens (tertiary/aromatic N) is 6. The second-order valence-corrected chi connectivity index (χ2v) is 9.73. The molecule has 2 amide bonds. The van der Waals surface area contributed by atoms with Crippen molar-refractivity contribution in [1.29, 1.82) is 0 Å². The maximum Gasteiger partial charge on any atom is 0.238 e. The molecule has 0 spiro atoms. The number of aromatic nitrogens is 4. The summed E-state index contributed by atoms with van der Waals surface area (Å²) in [7, 11) is 1.61. The Morgan fingerprint density at radius 3 is 2.76 bits per heavy atom. The molecule has 0 saturated carbocycles. The summed E-state index contributed by atoms with van der Waals surface area (Å²) < 4.78 is 12.3. The summed E-state index contributed by atoms with van der Waals surface area (Å²) in [5.74, 6) is 1.56. The first-order valence-electron chi connectivity index (χ1n) is 12.6. The van der Waals surface area contributed by atoms with Gasteiger partial charge < -0.3 is 24.6 Å². The van der Waals surface area contributed by atoms with Crippen LogP contribution in [0, 0.1) is 5.92 Å². The Morgan fingerprint density at radius 2 is 2.05 bits per heavy atom. The Bertz CT molecular complexity index is 1250. The van der Waals surface area contributed by atoms with Crippen molar-refractivity contribution in [3.8, 4) is 11.7 Å². The van der Waals surface area contributed by atoms with E-state index in [0.717, 1.165) is 17.7 Å². The Morgan fingerprint density at radius 1 is 1.21 bits per heavy atom. The molecule has 1 aromatic carbocycles. The number of hydrogen-bond acceptors (Lipinski definition) is 8. The third-order valence-electron chi connectivity index (χ3n) is 6.84. The molecule has 38 heavy (non-hydrogen) atoms. The first kappa shape index (κ1) is 25.9. The normalized spacial score (nSPS) is 19.4. The molecule has 1 N–H and O–H groups in total. The second-order valence-electron chi connectivity index (χ2n) is 9.34. The molecule has 5 rings (SSSR count). The maximum absolute atomic E-state index is 13.2. The number of imidazole rings is 1. The van der Waals surface area contributed by atoms with Crippen molar-refractivity contribution < 1.29 is 19.1 Å². The van der Waals surface area contributed by atoms with E-state index in [1.54, 1.807) is 36.5 Å². The lowest BCUT2D eigenvalue weighted by molar-refractivity contribution is -0.137. The zero-order valence-corrected chi connectivity index (χ0v) is 21.9. The molecule has 2 unspecified atom stereocenters. The third kappa shape index (κ3) is 6.05. The molecule has 0 aliphatic carbocycles. The number of amides is 2. The van der Waals surface area contributed by atoms with Gasteiger partial charge in [-0.15, -0.1) is 0 Å². The van der Waals surface area contributed by atoms with E-state index in [9.17, 15) is 9.59 Å². The number of carbonyl (C=O) groups excluding carboxylic acids is 2. The molecule has 200 valence electrons. The van der Waals surface area contributed by atoms with Gasteiger partial charge in [-0.2, -0.15) is 4.98 Å². The van der Waals surface area contributed by atoms with Gasteiger partial charge in [0, 0.05) is 57.7 Å². The molecular formula is C26H30ClN7O4. The molecule has 3 aromatic rings. The van der Waals surface area contributed by atoms with E-state index in [1.165, 1.54) is 0 Å². The van der Waals surface area contributed by atoms with Crippen LogP contribution in [0.3, 0.4) is 0 Å². The number of anilines is 1. The lowest BCUT2D eigenvalue weighted by atomic mass is 10.0. The highest BCUT2D eigenvalue weighted by molar-refractivity contribution is 6.29. The predicted molar refractivity (Wildman–Crippen MR) is 140 cm³/mol. The fraction of sp³-hybridized carbons (Fsp3) is 0.423. The van der Waals surface area contributed by atoms with Crippen molar-refractivity contribution in [3.63, 3.8) is 0 Å². The van der Waals surface area contributed by atoms with Crippen molar-refractivity contribution in [1.82, 2.24) is 29.7 Å². The number of ether oxygens (including phenoxy) is 2. The molecule has 2 aromatic heterocycles. The lowest BCUT2D eigenvalue weighted by Gasteiger charge is -2.42. The van der Waals surface area contributed by atoms with Crippen LogP contribution in [0.2, 0.25) is 5.15 Å². The fourth-order valence-electron chi connectivity index (χ4n) is 4.78. The summed E-state index contributed by atoms with van der Waals surface area (Å²) in [5, 5.41) is 3.28. The summed E-state index contributed by atoms with van der Waals surface area (Å²) in [6, 6.07) is 8.93. The summed E-state index contributed by atoms with van der Waals surface area (Å²) in [5.41, 5.74) is 0.963. The second kappa shape index (κ2) is 11.8. The molecule has 2 aliphatic rings. The highest BCUT2D eigenvalue weighted by Gasteiger charge is 2.36. The van der Waals surface area contributed by atoms with Gasteiger partial charge in [0.25, 0.3) is 0 Å². The third-order valence-corrected chi connectivity index (χ3v) is 7.04. The molecule has 11 nitrogen and oxygen atoms in total. The van der Waals surface area contributed by atoms with Crippen molar-refractivity contribution >= 4 is 29.2 Å². The summed E-state index contributed by atoms with van der Waals surface area (Å²) in [6.07, 6.45) is 5.88. The van der Waals surface area contributed by atoms with E-state index >= 15 is 0 Å². The van der Waals surface area contributed by atoms with Crippen LogP contribution in [-0.2, 0) is 20.9 Å². The Hall–Kier alpha value is -3.70. The number of carbonyl (C=O) groups is 2. The highest BCUT2D eigenvalue weighted by atomic mass is 35.5. The van der Waals surface area contributed by atoms with Crippen LogP contribution >= 0.6 is 11.6 Å². The van der Waals surface area contributed by atoms with Crippen LogP contribution in [0.5, 0.6) is 5.75 Å². The van der Waals surface area contributed by atoms with Crippen molar-refractivity contribution in [3.05, 3.63) is 59.8 Å². The van der Waals surface area contributed by atoms with Gasteiger partial charge in [-0.3, -0.25) is 14.2 Å². The number of halogens is 1. The van der Waals surface area contributed by atoms with Crippen LogP contribution in [0.15, 0.2) is 49.1 Å². The molecule has 2 atom stereocenters. The zero-order chi connectivity index (χ0) is 26.5. The van der Waals surface area contributed by atoms with Crippen molar-refractivity contribution in [2.75, 3.05) is 44.9 Å². The molecule has 0 radical (unpaired) electrons. The summed E-state index contributed by atoms with van der Waals surface area (Å²) >= 11 is 6.37. The van der Waals surface area contributed by atoms with E-state index in [4.69, 9.17) is 26.1 Å². The monoisotopic (exact) mass is 539 g/mol. The molecule has 2 fully saturated rings. The number of nitrogens with one attached hydrogen (secondary N) is 1. The SMILES string of the molecule is COc1ccc(CNC(=O)CC2CN(C(=O)C3CCOC3)CCN2c2cc(Cl)nc(-n3ccnc3)n2)cc1. The van der Waals surface area contributed by atoms with Crippen LogP contribution < -0.4 is 15.0 Å². The first-order chi connectivity index (χ1) is 18.5. The predicted octanol–water partition coefficient (Wildman–Crippen LogP) is 2.08. The van der Waals surface area contributed by atoms with Gasteiger partial charge in [0.2, 0.25) is 17.8 Å². The van der Waals surface area contributed by atoms with Gasteiger partial charge in [0.15, 0.2) is 0 Å². The Kier molecular flexibility index (Phi) is 8.04. The molecule has 0 bridgehead atoms. The van der Waals surface area contributed by atoms with Gasteiger partial charge in [-0.25, -0.2) is 9.97 Å². The van der Waals surface area contributed by atoms with E-state index in [1.807, 2.05) is 34.1 Å². The standard InChI is InChI=1S/C26H30ClN7O4/c1-37-21-4-2-18(3-5-21)14-29-24(35)12-20-15-32(25(36)19-6-11-38-16-19)9-10-34(20)23-13-22(27)30-26(31-23)33-8-7-28-17-33/h2-5,7-8,13,17,19-20H,6,9-12,14-16H2,1H3,(H,29,35). The lowest BCUT2D eigenvalue weighted by Crippen LogP contribution is -2.57. The number of piperazine rings is 1. The van der Waals surface area contributed by atoms with Gasteiger partial charge in [-0.05, 0) is 24.1 Å². The summed E-state index contributed by atoms with van der Waals surface area (Å²) in [4.78, 5) is 43.2. The molecular weight excluding hydrogens is 510 g/mol. The van der Waals surface area contributed by atoms with E-state index < -0.39 is 0 Å². The molecule has 2 saturated heterocycles. The van der Waals surface area contributed by atoms with Gasteiger partial charge in [0.1, 0.15) is 23.0 Å². The maximum atomic E-state index is 13.2. The number of hydrogen-bond donors (Lipinski definition) is 1. The minimum absolute atomic E-state index is 0.0746. The highest BCUT2D eigenvalue weighted by Crippen LogP contribution is 2.26. The number of methoxy groups -OCH3 is 1. The van der Waals surface area contributed by atoms with Gasteiger partial charge in [0.05, 0.1) is 25.7 Å². The fourth-order valence-corrected chi connectivity index (χ4v) is 4.96. The van der Waals surface area contributed by atoms with Gasteiger partial charge in [-0.1, -0.05) is 23.7 Å². The minimum Gasteiger partial charge on any atom is -0.497 e. The largest absolute Gasteiger partial charge is 0.497 e. The molecule has 2 aliphatic heterocycles. The van der Waals surface area contributed by atoms with Crippen LogP contribution in [0.25, 0.3) is 5.95 Å². The van der Waals surface area contributed by atoms with Crippen LogP contribution in [0.4, 0.5) is 5.82 Å².